The lowest BCUT2D eigenvalue weighted by Gasteiger charge is -2.34. The standard InChI is InChI=1S/C21H29N3O2/c1-17(2)14-22-21(25)20-9-8-19(26-20)16-24-12-10-23(11-13-24)15-18-6-4-3-5-7-18/h3-9,17H,10-16H2,1-2H3,(H,22,25). The Balaban J connectivity index is 1.44. The average Bonchev–Trinajstić information content (AvgIpc) is 3.11. The second kappa shape index (κ2) is 9.01. The molecule has 140 valence electrons. The second-order valence-electron chi connectivity index (χ2n) is 7.41. The first-order chi connectivity index (χ1) is 12.6. The highest BCUT2D eigenvalue weighted by Crippen LogP contribution is 2.14. The fourth-order valence-corrected chi connectivity index (χ4v) is 3.14. The van der Waals surface area contributed by atoms with Gasteiger partial charge in [-0.15, -0.1) is 0 Å². The molecule has 0 saturated carbocycles. The zero-order valence-electron chi connectivity index (χ0n) is 15.8. The van der Waals surface area contributed by atoms with Crippen LogP contribution < -0.4 is 5.32 Å². The molecule has 1 aliphatic heterocycles. The summed E-state index contributed by atoms with van der Waals surface area (Å²) in [7, 11) is 0. The molecule has 0 bridgehead atoms. The number of nitrogens with one attached hydrogen (secondary N) is 1. The summed E-state index contributed by atoms with van der Waals surface area (Å²) in [4.78, 5) is 16.9. The lowest BCUT2D eigenvalue weighted by Crippen LogP contribution is -2.45. The summed E-state index contributed by atoms with van der Waals surface area (Å²) in [6.07, 6.45) is 0. The number of carbonyl (C=O) groups excluding carboxylic acids is 1. The van der Waals surface area contributed by atoms with Crippen LogP contribution in [-0.2, 0) is 13.1 Å². The highest BCUT2D eigenvalue weighted by molar-refractivity contribution is 5.91. The molecule has 0 radical (unpaired) electrons. The number of amides is 1. The summed E-state index contributed by atoms with van der Waals surface area (Å²) in [5, 5.41) is 2.89. The first-order valence-electron chi connectivity index (χ1n) is 9.45. The first-order valence-corrected chi connectivity index (χ1v) is 9.45. The van der Waals surface area contributed by atoms with Gasteiger partial charge in [0, 0.05) is 39.3 Å². The summed E-state index contributed by atoms with van der Waals surface area (Å²) >= 11 is 0. The van der Waals surface area contributed by atoms with Crippen molar-refractivity contribution in [2.75, 3.05) is 32.7 Å². The number of piperazine rings is 1. The molecule has 1 fully saturated rings. The van der Waals surface area contributed by atoms with E-state index in [0.29, 0.717) is 18.2 Å². The lowest BCUT2D eigenvalue weighted by atomic mass is 10.2. The monoisotopic (exact) mass is 355 g/mol. The Labute approximate surface area is 156 Å². The van der Waals surface area contributed by atoms with Gasteiger partial charge in [-0.1, -0.05) is 44.2 Å². The third kappa shape index (κ3) is 5.44. The Bertz CT molecular complexity index is 688. The van der Waals surface area contributed by atoms with Crippen LogP contribution in [0.3, 0.4) is 0 Å². The minimum Gasteiger partial charge on any atom is -0.455 e. The van der Waals surface area contributed by atoms with E-state index in [1.807, 2.05) is 6.07 Å². The van der Waals surface area contributed by atoms with Crippen molar-refractivity contribution in [1.29, 1.82) is 0 Å². The van der Waals surface area contributed by atoms with Crippen molar-refractivity contribution in [3.63, 3.8) is 0 Å². The van der Waals surface area contributed by atoms with E-state index in [1.54, 1.807) is 6.07 Å². The van der Waals surface area contributed by atoms with Crippen LogP contribution in [0.25, 0.3) is 0 Å². The fraction of sp³-hybridized carbons (Fsp3) is 0.476. The van der Waals surface area contributed by atoms with Crippen molar-refractivity contribution in [3.8, 4) is 0 Å². The molecule has 0 unspecified atom stereocenters. The smallest absolute Gasteiger partial charge is 0.287 e. The van der Waals surface area contributed by atoms with Crippen molar-refractivity contribution in [1.82, 2.24) is 15.1 Å². The Morgan fingerprint density at radius 2 is 1.65 bits per heavy atom. The number of carbonyl (C=O) groups is 1. The van der Waals surface area contributed by atoms with E-state index in [9.17, 15) is 4.79 Å². The van der Waals surface area contributed by atoms with Gasteiger partial charge in [0.25, 0.3) is 5.91 Å². The normalized spacial score (nSPS) is 16.1. The molecule has 2 aromatic rings. The van der Waals surface area contributed by atoms with Crippen LogP contribution in [-0.4, -0.2) is 48.4 Å². The van der Waals surface area contributed by atoms with Gasteiger partial charge in [0.1, 0.15) is 5.76 Å². The maximum Gasteiger partial charge on any atom is 0.287 e. The van der Waals surface area contributed by atoms with Gasteiger partial charge in [-0.25, -0.2) is 0 Å². The molecule has 1 aromatic carbocycles. The summed E-state index contributed by atoms with van der Waals surface area (Å²) in [6.45, 7) is 10.7. The molecule has 1 aliphatic rings. The Morgan fingerprint density at radius 3 is 2.31 bits per heavy atom. The number of benzene rings is 1. The van der Waals surface area contributed by atoms with Crippen molar-refractivity contribution < 1.29 is 9.21 Å². The predicted octanol–water partition coefficient (Wildman–Crippen LogP) is 2.98. The highest BCUT2D eigenvalue weighted by Gasteiger charge is 2.19. The largest absolute Gasteiger partial charge is 0.455 e. The Hall–Kier alpha value is -2.11. The molecule has 0 aliphatic carbocycles. The van der Waals surface area contributed by atoms with E-state index in [0.717, 1.165) is 45.0 Å². The highest BCUT2D eigenvalue weighted by atomic mass is 16.4. The topological polar surface area (TPSA) is 48.7 Å². The summed E-state index contributed by atoms with van der Waals surface area (Å²) in [5.74, 6) is 1.57. The van der Waals surface area contributed by atoms with Crippen LogP contribution in [0, 0.1) is 5.92 Å². The van der Waals surface area contributed by atoms with Crippen molar-refractivity contribution in [3.05, 3.63) is 59.5 Å². The van der Waals surface area contributed by atoms with E-state index in [4.69, 9.17) is 4.42 Å². The van der Waals surface area contributed by atoms with E-state index in [2.05, 4.69) is 59.3 Å². The van der Waals surface area contributed by atoms with Crippen molar-refractivity contribution >= 4 is 5.91 Å². The average molecular weight is 355 g/mol. The first kappa shape index (κ1) is 18.7. The van der Waals surface area contributed by atoms with E-state index in [1.165, 1.54) is 5.56 Å². The van der Waals surface area contributed by atoms with Crippen molar-refractivity contribution in [2.24, 2.45) is 5.92 Å². The van der Waals surface area contributed by atoms with Gasteiger partial charge in [0.05, 0.1) is 6.54 Å². The van der Waals surface area contributed by atoms with Gasteiger partial charge in [0.2, 0.25) is 0 Å². The van der Waals surface area contributed by atoms with Gasteiger partial charge in [-0.05, 0) is 23.6 Å². The second-order valence-corrected chi connectivity index (χ2v) is 7.41. The third-order valence-electron chi connectivity index (χ3n) is 4.65. The minimum absolute atomic E-state index is 0.127. The number of rotatable bonds is 7. The summed E-state index contributed by atoms with van der Waals surface area (Å²) in [6, 6.07) is 14.3. The van der Waals surface area contributed by atoms with Gasteiger partial charge in [-0.2, -0.15) is 0 Å². The zero-order valence-corrected chi connectivity index (χ0v) is 15.8. The van der Waals surface area contributed by atoms with Crippen LogP contribution in [0.2, 0.25) is 0 Å². The van der Waals surface area contributed by atoms with Crippen LogP contribution in [0.15, 0.2) is 46.9 Å². The molecule has 2 heterocycles. The van der Waals surface area contributed by atoms with Crippen LogP contribution >= 0.6 is 0 Å². The molecule has 5 nitrogen and oxygen atoms in total. The van der Waals surface area contributed by atoms with Gasteiger partial charge in [0.15, 0.2) is 5.76 Å². The molecular formula is C21H29N3O2. The fourth-order valence-electron chi connectivity index (χ4n) is 3.14. The molecule has 3 rings (SSSR count). The molecule has 1 amide bonds. The molecule has 1 aromatic heterocycles. The van der Waals surface area contributed by atoms with Gasteiger partial charge in [-0.3, -0.25) is 14.6 Å². The molecule has 26 heavy (non-hydrogen) atoms. The quantitative estimate of drug-likeness (QED) is 0.829. The SMILES string of the molecule is CC(C)CNC(=O)c1ccc(CN2CCN(Cc3ccccc3)CC2)o1. The van der Waals surface area contributed by atoms with Crippen LogP contribution in [0.5, 0.6) is 0 Å². The summed E-state index contributed by atoms with van der Waals surface area (Å²) < 4.78 is 5.74. The number of furan rings is 1. The van der Waals surface area contributed by atoms with Crippen LogP contribution in [0.4, 0.5) is 0 Å². The van der Waals surface area contributed by atoms with Gasteiger partial charge < -0.3 is 9.73 Å². The van der Waals surface area contributed by atoms with E-state index >= 15 is 0 Å². The molecule has 0 spiro atoms. The Morgan fingerprint density at radius 1 is 1.00 bits per heavy atom. The predicted molar refractivity (Wildman–Crippen MR) is 103 cm³/mol. The summed E-state index contributed by atoms with van der Waals surface area (Å²) in [5.41, 5.74) is 1.36. The minimum atomic E-state index is -0.127. The molecule has 5 heteroatoms. The van der Waals surface area contributed by atoms with Crippen LogP contribution in [0.1, 0.15) is 35.7 Å². The molecule has 1 saturated heterocycles. The number of hydrogen-bond donors (Lipinski definition) is 1. The maximum atomic E-state index is 12.0. The number of hydrogen-bond acceptors (Lipinski definition) is 4. The zero-order chi connectivity index (χ0) is 18.4. The lowest BCUT2D eigenvalue weighted by molar-refractivity contribution is 0.0910. The molecule has 0 atom stereocenters. The van der Waals surface area contributed by atoms with Gasteiger partial charge >= 0.3 is 0 Å². The molecule has 1 N–H and O–H groups in total. The molecular weight excluding hydrogens is 326 g/mol. The van der Waals surface area contributed by atoms with E-state index in [-0.39, 0.29) is 5.91 Å². The third-order valence-corrected chi connectivity index (χ3v) is 4.65. The van der Waals surface area contributed by atoms with E-state index < -0.39 is 0 Å². The maximum absolute atomic E-state index is 12.0. The van der Waals surface area contributed by atoms with Crippen molar-refractivity contribution in [2.45, 2.75) is 26.9 Å². The Kier molecular flexibility index (Phi) is 6.47. The number of nitrogens with zero attached hydrogens (tertiary/aromatic N) is 2.